The summed E-state index contributed by atoms with van der Waals surface area (Å²) in [5.74, 6) is -0.563. The minimum Gasteiger partial charge on any atom is -0.378 e. The average molecular weight is 471 g/mol. The molecule has 0 unspecified atom stereocenters. The van der Waals surface area contributed by atoms with Crippen molar-refractivity contribution in [1.82, 2.24) is 30.7 Å². The van der Waals surface area contributed by atoms with Crippen molar-refractivity contribution < 1.29 is 9.42 Å². The van der Waals surface area contributed by atoms with E-state index >= 15 is 0 Å². The lowest BCUT2D eigenvalue weighted by Gasteiger charge is -2.07. The van der Waals surface area contributed by atoms with Crippen LogP contribution in [0.25, 0.3) is 17.1 Å². The van der Waals surface area contributed by atoms with Crippen LogP contribution in [0.15, 0.2) is 52.2 Å². The predicted octanol–water partition coefficient (Wildman–Crippen LogP) is 3.67. The van der Waals surface area contributed by atoms with Gasteiger partial charge < -0.3 is 5.73 Å². The van der Waals surface area contributed by atoms with Crippen molar-refractivity contribution in [2.45, 2.75) is 13.8 Å². The Morgan fingerprint density at radius 2 is 1.88 bits per heavy atom. The molecule has 162 valence electrons. The number of anilines is 1. The fourth-order valence-corrected chi connectivity index (χ4v) is 3.17. The number of halogens is 2. The number of hydrazone groups is 1. The van der Waals surface area contributed by atoms with Crippen LogP contribution in [0.4, 0.5) is 5.82 Å². The highest BCUT2D eigenvalue weighted by atomic mass is 35.5. The van der Waals surface area contributed by atoms with Gasteiger partial charge in [-0.25, -0.2) is 10.1 Å². The Hall–Kier alpha value is -3.76. The van der Waals surface area contributed by atoms with Gasteiger partial charge in [-0.1, -0.05) is 64.3 Å². The third-order valence-electron chi connectivity index (χ3n) is 4.57. The molecule has 2 aromatic heterocycles. The van der Waals surface area contributed by atoms with Crippen LogP contribution >= 0.6 is 23.2 Å². The van der Waals surface area contributed by atoms with E-state index in [4.69, 9.17) is 28.9 Å². The zero-order chi connectivity index (χ0) is 22.8. The largest absolute Gasteiger partial charge is 0.378 e. The summed E-state index contributed by atoms with van der Waals surface area (Å²) in [7, 11) is 0. The minimum atomic E-state index is -0.598. The SMILES string of the molecule is C/C(=N\NC(=O)c1nnn(-c2nonc2N)c1-c1ccc(Cl)c(Cl)c1)c1ccc(C)cc1. The van der Waals surface area contributed by atoms with Gasteiger partial charge in [0.15, 0.2) is 5.69 Å². The van der Waals surface area contributed by atoms with Gasteiger partial charge in [0.05, 0.1) is 15.8 Å². The molecule has 0 aliphatic carbocycles. The second-order valence-electron chi connectivity index (χ2n) is 6.80. The molecule has 0 radical (unpaired) electrons. The number of nitrogens with two attached hydrogens (primary N) is 1. The molecule has 10 nitrogen and oxygen atoms in total. The van der Waals surface area contributed by atoms with Gasteiger partial charge in [-0.3, -0.25) is 4.79 Å². The quantitative estimate of drug-likeness (QED) is 0.335. The summed E-state index contributed by atoms with van der Waals surface area (Å²) in [5.41, 5.74) is 11.6. The van der Waals surface area contributed by atoms with Crippen LogP contribution in [-0.4, -0.2) is 36.9 Å². The summed E-state index contributed by atoms with van der Waals surface area (Å²) < 4.78 is 5.89. The van der Waals surface area contributed by atoms with Crippen molar-refractivity contribution in [3.8, 4) is 17.1 Å². The summed E-state index contributed by atoms with van der Waals surface area (Å²) in [4.78, 5) is 13.0. The van der Waals surface area contributed by atoms with Crippen LogP contribution in [0.1, 0.15) is 28.5 Å². The van der Waals surface area contributed by atoms with Gasteiger partial charge in [-0.15, -0.1) is 5.10 Å². The van der Waals surface area contributed by atoms with Crippen LogP contribution in [0.3, 0.4) is 0 Å². The van der Waals surface area contributed by atoms with Gasteiger partial charge in [-0.2, -0.15) is 9.78 Å². The van der Waals surface area contributed by atoms with E-state index in [9.17, 15) is 4.79 Å². The van der Waals surface area contributed by atoms with Crippen molar-refractivity contribution >= 4 is 40.6 Å². The molecule has 2 heterocycles. The Balaban J connectivity index is 1.73. The first-order chi connectivity index (χ1) is 15.3. The lowest BCUT2D eigenvalue weighted by Crippen LogP contribution is -2.21. The summed E-state index contributed by atoms with van der Waals surface area (Å²) in [5, 5.41) is 20.1. The number of hydrogen-bond acceptors (Lipinski definition) is 8. The lowest BCUT2D eigenvalue weighted by atomic mass is 10.1. The van der Waals surface area contributed by atoms with Gasteiger partial charge >= 0.3 is 0 Å². The maximum atomic E-state index is 13.0. The molecule has 2 aromatic carbocycles. The fourth-order valence-electron chi connectivity index (χ4n) is 2.87. The normalized spacial score (nSPS) is 11.6. The Labute approximate surface area is 192 Å². The van der Waals surface area contributed by atoms with E-state index in [0.717, 1.165) is 11.1 Å². The maximum Gasteiger partial charge on any atom is 0.294 e. The Kier molecular flexibility index (Phi) is 5.89. The molecule has 0 saturated heterocycles. The van der Waals surface area contributed by atoms with E-state index in [2.05, 4.69) is 35.8 Å². The highest BCUT2D eigenvalue weighted by Crippen LogP contribution is 2.31. The van der Waals surface area contributed by atoms with E-state index in [1.807, 2.05) is 31.2 Å². The first-order valence-electron chi connectivity index (χ1n) is 9.26. The van der Waals surface area contributed by atoms with Crippen LogP contribution in [0.5, 0.6) is 0 Å². The third-order valence-corrected chi connectivity index (χ3v) is 5.31. The molecule has 12 heteroatoms. The van der Waals surface area contributed by atoms with Crippen molar-refractivity contribution in [3.05, 3.63) is 69.3 Å². The first-order valence-corrected chi connectivity index (χ1v) is 10.0. The van der Waals surface area contributed by atoms with Gasteiger partial charge in [0.1, 0.15) is 5.69 Å². The average Bonchev–Trinajstić information content (AvgIpc) is 3.40. The number of hydrogen-bond donors (Lipinski definition) is 2. The second kappa shape index (κ2) is 8.77. The number of nitrogens with zero attached hydrogens (tertiary/aromatic N) is 6. The molecule has 0 fully saturated rings. The topological polar surface area (TPSA) is 137 Å². The molecule has 0 aliphatic rings. The third kappa shape index (κ3) is 4.18. The zero-order valence-electron chi connectivity index (χ0n) is 16.9. The number of nitrogens with one attached hydrogen (secondary N) is 1. The first kappa shape index (κ1) is 21.5. The van der Waals surface area contributed by atoms with Crippen molar-refractivity contribution in [1.29, 1.82) is 0 Å². The van der Waals surface area contributed by atoms with Gasteiger partial charge in [0.25, 0.3) is 5.91 Å². The molecular formula is C20H16Cl2N8O2. The minimum absolute atomic E-state index is 0.0311. The smallest absolute Gasteiger partial charge is 0.294 e. The summed E-state index contributed by atoms with van der Waals surface area (Å²) in [6.07, 6.45) is 0. The number of aryl methyl sites for hydroxylation is 1. The second-order valence-corrected chi connectivity index (χ2v) is 7.62. The molecule has 0 bridgehead atoms. The molecule has 0 spiro atoms. The zero-order valence-corrected chi connectivity index (χ0v) is 18.4. The standard InChI is InChI=1S/C20H16Cl2N8O2/c1-10-3-5-12(6-4-10)11(2)24-26-20(31)16-17(13-7-8-14(21)15(22)9-13)30(29-25-16)19-18(23)27-32-28-19/h3-9H,1-2H3,(H2,23,27)(H,26,31)/b24-11+. The van der Waals surface area contributed by atoms with Crippen molar-refractivity contribution in [2.24, 2.45) is 5.10 Å². The summed E-state index contributed by atoms with van der Waals surface area (Å²) in [6, 6.07) is 12.6. The monoisotopic (exact) mass is 470 g/mol. The summed E-state index contributed by atoms with van der Waals surface area (Å²) in [6.45, 7) is 3.77. The van der Waals surface area contributed by atoms with Crippen molar-refractivity contribution in [2.75, 3.05) is 5.73 Å². The van der Waals surface area contributed by atoms with Gasteiger partial charge in [-0.05, 0) is 41.9 Å². The molecule has 4 aromatic rings. The predicted molar refractivity (Wildman–Crippen MR) is 120 cm³/mol. The number of aromatic nitrogens is 5. The molecule has 0 aliphatic heterocycles. The number of rotatable bonds is 5. The number of carbonyl (C=O) groups excluding carboxylic acids is 1. The van der Waals surface area contributed by atoms with Gasteiger partial charge in [0.2, 0.25) is 11.6 Å². The highest BCUT2D eigenvalue weighted by molar-refractivity contribution is 6.42. The molecule has 0 atom stereocenters. The number of nitrogen functional groups attached to an aromatic ring is 1. The van der Waals surface area contributed by atoms with E-state index in [1.165, 1.54) is 4.68 Å². The van der Waals surface area contributed by atoms with Crippen LogP contribution in [-0.2, 0) is 0 Å². The number of amides is 1. The molecule has 3 N–H and O–H groups in total. The van der Waals surface area contributed by atoms with Crippen LogP contribution in [0, 0.1) is 6.92 Å². The Morgan fingerprint density at radius 1 is 1.12 bits per heavy atom. The maximum absolute atomic E-state index is 13.0. The molecule has 1 amide bonds. The lowest BCUT2D eigenvalue weighted by molar-refractivity contribution is 0.0950. The fraction of sp³-hybridized carbons (Fsp3) is 0.100. The van der Waals surface area contributed by atoms with Crippen LogP contribution in [0.2, 0.25) is 10.0 Å². The molecular weight excluding hydrogens is 455 g/mol. The molecule has 0 saturated carbocycles. The highest BCUT2D eigenvalue weighted by Gasteiger charge is 2.25. The number of carbonyl (C=O) groups is 1. The van der Waals surface area contributed by atoms with E-state index in [1.54, 1.807) is 25.1 Å². The van der Waals surface area contributed by atoms with E-state index < -0.39 is 5.91 Å². The van der Waals surface area contributed by atoms with Crippen LogP contribution < -0.4 is 11.2 Å². The van der Waals surface area contributed by atoms with Gasteiger partial charge in [0, 0.05) is 5.56 Å². The Morgan fingerprint density at radius 3 is 2.53 bits per heavy atom. The Bertz CT molecular complexity index is 1330. The van der Waals surface area contributed by atoms with E-state index in [-0.39, 0.29) is 28.0 Å². The molecule has 32 heavy (non-hydrogen) atoms. The molecule has 4 rings (SSSR count). The van der Waals surface area contributed by atoms with Crippen molar-refractivity contribution in [3.63, 3.8) is 0 Å². The number of benzene rings is 2. The van der Waals surface area contributed by atoms with E-state index in [0.29, 0.717) is 16.3 Å². The summed E-state index contributed by atoms with van der Waals surface area (Å²) >= 11 is 12.2.